The fraction of sp³-hybridized carbons (Fsp3) is 0.286. The highest BCUT2D eigenvalue weighted by molar-refractivity contribution is 7.92. The zero-order valence-electron chi connectivity index (χ0n) is 16.4. The third kappa shape index (κ3) is 3.32. The van der Waals surface area contributed by atoms with Gasteiger partial charge in [0.2, 0.25) is 11.8 Å². The maximum Gasteiger partial charge on any atom is 0.265 e. The molecule has 1 saturated heterocycles. The molecule has 2 N–H and O–H groups in total. The number of carbonyl (C=O) groups is 3. The van der Waals surface area contributed by atoms with Gasteiger partial charge in [0, 0.05) is 30.6 Å². The lowest BCUT2D eigenvalue weighted by molar-refractivity contribution is -0.136. The summed E-state index contributed by atoms with van der Waals surface area (Å²) in [4.78, 5) is 37.8. The molecule has 9 nitrogen and oxygen atoms in total. The van der Waals surface area contributed by atoms with E-state index >= 15 is 0 Å². The first-order valence-electron chi connectivity index (χ1n) is 9.88. The number of rotatable bonds is 4. The lowest BCUT2D eigenvalue weighted by Gasteiger charge is -2.29. The number of nitrogens with zero attached hydrogens (tertiary/aromatic N) is 1. The molecule has 10 heteroatoms. The molecule has 31 heavy (non-hydrogen) atoms. The summed E-state index contributed by atoms with van der Waals surface area (Å²) in [6.45, 7) is 0.610. The number of hydrogen-bond donors (Lipinski definition) is 2. The molecule has 3 aliphatic rings. The first kappa shape index (κ1) is 19.6. The van der Waals surface area contributed by atoms with E-state index in [-0.39, 0.29) is 36.1 Å². The van der Waals surface area contributed by atoms with E-state index in [1.165, 1.54) is 17.0 Å². The Bertz CT molecular complexity index is 1240. The molecule has 3 aliphatic heterocycles. The molecule has 3 amide bonds. The highest BCUT2D eigenvalue weighted by Gasteiger charge is 2.39. The van der Waals surface area contributed by atoms with Crippen LogP contribution in [0.2, 0.25) is 0 Å². The number of carbonyl (C=O) groups excluding carboxylic acids is 3. The molecular formula is C21H19N3O6S. The lowest BCUT2D eigenvalue weighted by atomic mass is 10.0. The van der Waals surface area contributed by atoms with Crippen molar-refractivity contribution in [2.45, 2.75) is 36.7 Å². The van der Waals surface area contributed by atoms with Gasteiger partial charge in [0.05, 0.1) is 6.61 Å². The second-order valence-corrected chi connectivity index (χ2v) is 9.37. The second-order valence-electron chi connectivity index (χ2n) is 7.72. The number of piperidine rings is 1. The highest BCUT2D eigenvalue weighted by Crippen LogP contribution is 2.34. The molecule has 1 atom stereocenters. The van der Waals surface area contributed by atoms with Gasteiger partial charge in [-0.1, -0.05) is 12.1 Å². The Labute approximate surface area is 178 Å². The number of amides is 3. The summed E-state index contributed by atoms with van der Waals surface area (Å²) in [5.74, 6) is -0.779. The maximum absolute atomic E-state index is 13.0. The van der Waals surface area contributed by atoms with Crippen molar-refractivity contribution in [1.29, 1.82) is 0 Å². The Morgan fingerprint density at radius 3 is 2.71 bits per heavy atom. The number of benzene rings is 2. The van der Waals surface area contributed by atoms with Gasteiger partial charge in [-0.3, -0.25) is 24.4 Å². The molecule has 1 fully saturated rings. The molecule has 0 aromatic heterocycles. The average Bonchev–Trinajstić information content (AvgIpc) is 3.32. The summed E-state index contributed by atoms with van der Waals surface area (Å²) in [5, 5.41) is 2.26. The van der Waals surface area contributed by atoms with Gasteiger partial charge in [-0.25, -0.2) is 8.42 Å². The van der Waals surface area contributed by atoms with E-state index in [0.717, 1.165) is 5.56 Å². The van der Waals surface area contributed by atoms with E-state index < -0.39 is 22.0 Å². The first-order chi connectivity index (χ1) is 14.8. The minimum atomic E-state index is -3.89. The van der Waals surface area contributed by atoms with Gasteiger partial charge in [0.15, 0.2) is 0 Å². The normalized spacial score (nSPS) is 20.2. The molecule has 0 saturated carbocycles. The number of anilines is 1. The number of hydrogen-bond acceptors (Lipinski definition) is 6. The molecule has 0 aliphatic carbocycles. The van der Waals surface area contributed by atoms with Crippen LogP contribution in [0.1, 0.15) is 34.3 Å². The van der Waals surface area contributed by atoms with Crippen LogP contribution in [0.5, 0.6) is 5.75 Å². The van der Waals surface area contributed by atoms with E-state index in [1.54, 1.807) is 18.2 Å². The van der Waals surface area contributed by atoms with Gasteiger partial charge in [-0.2, -0.15) is 0 Å². The number of nitrogens with one attached hydrogen (secondary N) is 2. The number of ether oxygens (including phenoxy) is 1. The minimum absolute atomic E-state index is 0.0734. The van der Waals surface area contributed by atoms with Crippen molar-refractivity contribution in [3.63, 3.8) is 0 Å². The Hall–Kier alpha value is -3.40. The van der Waals surface area contributed by atoms with E-state index in [2.05, 4.69) is 10.0 Å². The summed E-state index contributed by atoms with van der Waals surface area (Å²) in [6.07, 6.45) is 1.10. The van der Waals surface area contributed by atoms with Crippen LogP contribution in [0.15, 0.2) is 41.3 Å². The lowest BCUT2D eigenvalue weighted by Crippen LogP contribution is -2.52. The molecule has 160 valence electrons. The van der Waals surface area contributed by atoms with Crippen LogP contribution < -0.4 is 14.8 Å². The Kier molecular flexibility index (Phi) is 4.47. The van der Waals surface area contributed by atoms with Crippen molar-refractivity contribution in [3.05, 3.63) is 53.1 Å². The van der Waals surface area contributed by atoms with E-state index in [0.29, 0.717) is 35.6 Å². The molecule has 3 heterocycles. The van der Waals surface area contributed by atoms with Crippen LogP contribution in [0.25, 0.3) is 0 Å². The molecule has 2 aromatic rings. The van der Waals surface area contributed by atoms with E-state index in [1.807, 2.05) is 6.07 Å². The fourth-order valence-corrected chi connectivity index (χ4v) is 5.48. The van der Waals surface area contributed by atoms with Crippen LogP contribution in [0.4, 0.5) is 5.69 Å². The molecule has 0 bridgehead atoms. The number of sulfonamides is 1. The van der Waals surface area contributed by atoms with Gasteiger partial charge in [-0.15, -0.1) is 0 Å². The quantitative estimate of drug-likeness (QED) is 0.688. The first-order valence-corrected chi connectivity index (χ1v) is 11.4. The monoisotopic (exact) mass is 441 g/mol. The van der Waals surface area contributed by atoms with Crippen LogP contribution in [0.3, 0.4) is 0 Å². The van der Waals surface area contributed by atoms with Crippen LogP contribution in [0, 0.1) is 0 Å². The van der Waals surface area contributed by atoms with Crippen molar-refractivity contribution in [3.8, 4) is 5.75 Å². The fourth-order valence-electron chi connectivity index (χ4n) is 4.24. The van der Waals surface area contributed by atoms with E-state index in [4.69, 9.17) is 4.74 Å². The predicted octanol–water partition coefficient (Wildman–Crippen LogP) is 1.18. The Morgan fingerprint density at radius 1 is 1.06 bits per heavy atom. The SMILES string of the molecule is O=C1CCC(N2Cc3cc(NS(=O)(=O)c4cccc5c4OCC5)ccc3C2=O)C(=O)N1. The third-order valence-corrected chi connectivity index (χ3v) is 7.15. The smallest absolute Gasteiger partial charge is 0.265 e. The molecule has 0 spiro atoms. The number of para-hydroxylation sites is 1. The average molecular weight is 441 g/mol. The predicted molar refractivity (Wildman–Crippen MR) is 109 cm³/mol. The largest absolute Gasteiger partial charge is 0.492 e. The number of imide groups is 1. The summed E-state index contributed by atoms with van der Waals surface area (Å²) >= 11 is 0. The third-order valence-electron chi connectivity index (χ3n) is 5.74. The molecule has 1 unspecified atom stereocenters. The van der Waals surface area contributed by atoms with Crippen molar-refractivity contribution in [2.75, 3.05) is 11.3 Å². The molecular weight excluding hydrogens is 422 g/mol. The summed E-state index contributed by atoms with van der Waals surface area (Å²) < 4.78 is 34.0. The van der Waals surface area contributed by atoms with Crippen molar-refractivity contribution < 1.29 is 27.5 Å². The van der Waals surface area contributed by atoms with Crippen LogP contribution in [-0.2, 0) is 32.6 Å². The van der Waals surface area contributed by atoms with Gasteiger partial charge >= 0.3 is 0 Å². The van der Waals surface area contributed by atoms with Crippen molar-refractivity contribution in [2.24, 2.45) is 0 Å². The molecule has 2 aromatic carbocycles. The van der Waals surface area contributed by atoms with Crippen LogP contribution in [-0.4, -0.2) is 43.7 Å². The topological polar surface area (TPSA) is 122 Å². The summed E-state index contributed by atoms with van der Waals surface area (Å²) in [7, 11) is -3.89. The van der Waals surface area contributed by atoms with Gasteiger partial charge < -0.3 is 9.64 Å². The zero-order valence-corrected chi connectivity index (χ0v) is 17.2. The highest BCUT2D eigenvalue weighted by atomic mass is 32.2. The van der Waals surface area contributed by atoms with Gasteiger partial charge in [0.25, 0.3) is 15.9 Å². The molecule has 5 rings (SSSR count). The van der Waals surface area contributed by atoms with Crippen molar-refractivity contribution in [1.82, 2.24) is 10.2 Å². The standard InChI is InChI=1S/C21H19N3O6S/c25-18-7-6-16(20(26)22-18)24-11-13-10-14(4-5-15(13)21(24)27)23-31(28,29)17-3-1-2-12-8-9-30-19(12)17/h1-5,10,16,23H,6-9,11H2,(H,22,25,26). The minimum Gasteiger partial charge on any atom is -0.492 e. The Balaban J connectivity index is 1.39. The molecule has 0 radical (unpaired) electrons. The van der Waals surface area contributed by atoms with Gasteiger partial charge in [-0.05, 0) is 41.8 Å². The van der Waals surface area contributed by atoms with E-state index in [9.17, 15) is 22.8 Å². The summed E-state index contributed by atoms with van der Waals surface area (Å²) in [6, 6.07) is 8.96. The van der Waals surface area contributed by atoms with Crippen molar-refractivity contribution >= 4 is 33.4 Å². The summed E-state index contributed by atoms with van der Waals surface area (Å²) in [5.41, 5.74) is 2.19. The van der Waals surface area contributed by atoms with Crippen LogP contribution >= 0.6 is 0 Å². The zero-order chi connectivity index (χ0) is 21.8. The maximum atomic E-state index is 13.0. The Morgan fingerprint density at radius 2 is 1.90 bits per heavy atom. The number of fused-ring (bicyclic) bond motifs is 2. The van der Waals surface area contributed by atoms with Gasteiger partial charge in [0.1, 0.15) is 16.7 Å². The second kappa shape index (κ2) is 7.09.